The van der Waals surface area contributed by atoms with E-state index in [1.54, 1.807) is 12.5 Å². The first-order chi connectivity index (χ1) is 8.31. The molecule has 3 heteroatoms. The molecule has 1 aromatic carbocycles. The summed E-state index contributed by atoms with van der Waals surface area (Å²) < 4.78 is 0. The van der Waals surface area contributed by atoms with Crippen molar-refractivity contribution in [2.75, 3.05) is 7.05 Å². The largest absolute Gasteiger partial charge is 0.311 e. The fourth-order valence-corrected chi connectivity index (χ4v) is 1.92. The van der Waals surface area contributed by atoms with Gasteiger partial charge >= 0.3 is 0 Å². The molecule has 0 amide bonds. The van der Waals surface area contributed by atoms with Crippen molar-refractivity contribution in [3.8, 4) is 0 Å². The average Bonchev–Trinajstić information content (AvgIpc) is 2.39. The van der Waals surface area contributed by atoms with Crippen LogP contribution < -0.4 is 5.32 Å². The second-order valence-corrected chi connectivity index (χ2v) is 4.11. The number of nitrogens with one attached hydrogen (secondary N) is 1. The van der Waals surface area contributed by atoms with Gasteiger partial charge in [-0.3, -0.25) is 0 Å². The van der Waals surface area contributed by atoms with Crippen LogP contribution in [-0.4, -0.2) is 17.0 Å². The molecule has 1 heterocycles. The van der Waals surface area contributed by atoms with E-state index in [-0.39, 0.29) is 6.04 Å². The summed E-state index contributed by atoms with van der Waals surface area (Å²) in [6, 6.07) is 10.6. The fraction of sp³-hybridized carbons (Fsp3) is 0.286. The zero-order chi connectivity index (χ0) is 12.1. The number of rotatable bonds is 4. The molecule has 0 aliphatic carbocycles. The Kier molecular flexibility index (Phi) is 3.83. The van der Waals surface area contributed by atoms with Crippen molar-refractivity contribution in [1.82, 2.24) is 15.3 Å². The fourth-order valence-electron chi connectivity index (χ4n) is 1.92. The highest BCUT2D eigenvalue weighted by atomic mass is 14.9. The molecule has 0 spiro atoms. The van der Waals surface area contributed by atoms with Gasteiger partial charge < -0.3 is 5.32 Å². The lowest BCUT2D eigenvalue weighted by atomic mass is 9.99. The monoisotopic (exact) mass is 227 g/mol. The van der Waals surface area contributed by atoms with Crippen molar-refractivity contribution in [2.45, 2.75) is 19.4 Å². The van der Waals surface area contributed by atoms with Crippen molar-refractivity contribution < 1.29 is 0 Å². The Balaban J connectivity index is 2.19. The van der Waals surface area contributed by atoms with E-state index in [1.807, 2.05) is 13.1 Å². The molecule has 2 rings (SSSR count). The Bertz CT molecular complexity index is 468. The summed E-state index contributed by atoms with van der Waals surface area (Å²) in [6.45, 7) is 2.14. The van der Waals surface area contributed by atoms with Crippen molar-refractivity contribution >= 4 is 0 Å². The van der Waals surface area contributed by atoms with E-state index in [9.17, 15) is 0 Å². The van der Waals surface area contributed by atoms with Gasteiger partial charge in [-0.25, -0.2) is 9.97 Å². The van der Waals surface area contributed by atoms with E-state index in [0.717, 1.165) is 12.1 Å². The van der Waals surface area contributed by atoms with E-state index in [4.69, 9.17) is 0 Å². The van der Waals surface area contributed by atoms with Crippen molar-refractivity contribution in [2.24, 2.45) is 0 Å². The minimum absolute atomic E-state index is 0.235. The molecule has 0 aliphatic rings. The lowest BCUT2D eigenvalue weighted by molar-refractivity contribution is 0.573. The van der Waals surface area contributed by atoms with Crippen LogP contribution >= 0.6 is 0 Å². The molecule has 3 nitrogen and oxygen atoms in total. The lowest BCUT2D eigenvalue weighted by Gasteiger charge is -2.16. The van der Waals surface area contributed by atoms with Gasteiger partial charge in [0.1, 0.15) is 6.33 Å². The van der Waals surface area contributed by atoms with Crippen molar-refractivity contribution in [1.29, 1.82) is 0 Å². The smallest absolute Gasteiger partial charge is 0.115 e. The Hall–Kier alpha value is -1.74. The second-order valence-electron chi connectivity index (χ2n) is 4.11. The number of aromatic nitrogens is 2. The van der Waals surface area contributed by atoms with Crippen LogP contribution in [0.5, 0.6) is 0 Å². The maximum absolute atomic E-state index is 4.30. The SMILES string of the molecule is CNC(Cc1ccccc1C)c1ccncn1. The highest BCUT2D eigenvalue weighted by Crippen LogP contribution is 2.17. The Morgan fingerprint density at radius 3 is 2.71 bits per heavy atom. The number of nitrogens with zero attached hydrogens (tertiary/aromatic N) is 2. The van der Waals surface area contributed by atoms with Gasteiger partial charge in [0.05, 0.1) is 11.7 Å². The predicted octanol–water partition coefficient (Wildman–Crippen LogP) is 2.29. The van der Waals surface area contributed by atoms with E-state index < -0.39 is 0 Å². The third-order valence-corrected chi connectivity index (χ3v) is 3.00. The van der Waals surface area contributed by atoms with Crippen molar-refractivity contribution in [3.63, 3.8) is 0 Å². The van der Waals surface area contributed by atoms with Crippen LogP contribution in [0, 0.1) is 6.92 Å². The van der Waals surface area contributed by atoms with E-state index in [1.165, 1.54) is 11.1 Å². The quantitative estimate of drug-likeness (QED) is 0.870. The third-order valence-electron chi connectivity index (χ3n) is 3.00. The normalized spacial score (nSPS) is 12.4. The lowest BCUT2D eigenvalue weighted by Crippen LogP contribution is -2.20. The van der Waals surface area contributed by atoms with Crippen LogP contribution in [-0.2, 0) is 6.42 Å². The summed E-state index contributed by atoms with van der Waals surface area (Å²) in [4.78, 5) is 8.25. The van der Waals surface area contributed by atoms with E-state index in [0.29, 0.717) is 0 Å². The minimum Gasteiger partial charge on any atom is -0.311 e. The number of likely N-dealkylation sites (N-methyl/N-ethyl adjacent to an activating group) is 1. The number of hydrogen-bond acceptors (Lipinski definition) is 3. The molecule has 0 fully saturated rings. The first kappa shape index (κ1) is 11.7. The zero-order valence-electron chi connectivity index (χ0n) is 10.2. The molecule has 0 saturated carbocycles. The Morgan fingerprint density at radius 2 is 2.06 bits per heavy atom. The first-order valence-electron chi connectivity index (χ1n) is 5.79. The first-order valence-corrected chi connectivity index (χ1v) is 5.79. The van der Waals surface area contributed by atoms with E-state index >= 15 is 0 Å². The highest BCUT2D eigenvalue weighted by molar-refractivity contribution is 5.27. The summed E-state index contributed by atoms with van der Waals surface area (Å²) in [7, 11) is 1.96. The molecule has 1 N–H and O–H groups in total. The molecule has 2 aromatic rings. The molecular formula is C14H17N3. The summed E-state index contributed by atoms with van der Waals surface area (Å²) in [5.74, 6) is 0. The molecule has 1 atom stereocenters. The van der Waals surface area contributed by atoms with Gasteiger partial charge in [0.2, 0.25) is 0 Å². The number of hydrogen-bond donors (Lipinski definition) is 1. The standard InChI is InChI=1S/C14H17N3/c1-11-5-3-4-6-12(11)9-14(15-2)13-7-8-16-10-17-13/h3-8,10,14-15H,9H2,1-2H3. The van der Waals surface area contributed by atoms with Gasteiger partial charge in [-0.15, -0.1) is 0 Å². The Morgan fingerprint density at radius 1 is 1.24 bits per heavy atom. The number of aryl methyl sites for hydroxylation is 1. The Labute approximate surface area is 102 Å². The van der Waals surface area contributed by atoms with Crippen molar-refractivity contribution in [3.05, 3.63) is 59.7 Å². The summed E-state index contributed by atoms with van der Waals surface area (Å²) in [5, 5.41) is 3.30. The molecule has 1 aromatic heterocycles. The molecule has 17 heavy (non-hydrogen) atoms. The summed E-state index contributed by atoms with van der Waals surface area (Å²) in [6.07, 6.45) is 4.32. The zero-order valence-corrected chi connectivity index (χ0v) is 10.2. The topological polar surface area (TPSA) is 37.8 Å². The van der Waals surface area contributed by atoms with E-state index in [2.05, 4.69) is 46.5 Å². The van der Waals surface area contributed by atoms with Gasteiger partial charge in [0.15, 0.2) is 0 Å². The third kappa shape index (κ3) is 2.88. The average molecular weight is 227 g/mol. The van der Waals surface area contributed by atoms with Gasteiger partial charge in [0.25, 0.3) is 0 Å². The maximum Gasteiger partial charge on any atom is 0.115 e. The molecule has 0 radical (unpaired) electrons. The second kappa shape index (κ2) is 5.55. The molecule has 1 unspecified atom stereocenters. The predicted molar refractivity (Wildman–Crippen MR) is 68.7 cm³/mol. The van der Waals surface area contributed by atoms with Gasteiger partial charge in [-0.1, -0.05) is 24.3 Å². The molecular weight excluding hydrogens is 210 g/mol. The summed E-state index contributed by atoms with van der Waals surface area (Å²) >= 11 is 0. The molecule has 0 bridgehead atoms. The van der Waals surface area contributed by atoms with Gasteiger partial charge in [-0.05, 0) is 37.6 Å². The van der Waals surface area contributed by atoms with Crippen LogP contribution in [0.4, 0.5) is 0 Å². The highest BCUT2D eigenvalue weighted by Gasteiger charge is 2.11. The van der Waals surface area contributed by atoms with Gasteiger partial charge in [0, 0.05) is 6.20 Å². The van der Waals surface area contributed by atoms with Crippen LogP contribution in [0.25, 0.3) is 0 Å². The van der Waals surface area contributed by atoms with Crippen LogP contribution in [0.15, 0.2) is 42.9 Å². The maximum atomic E-state index is 4.30. The van der Waals surface area contributed by atoms with Gasteiger partial charge in [-0.2, -0.15) is 0 Å². The summed E-state index contributed by atoms with van der Waals surface area (Å²) in [5.41, 5.74) is 3.71. The van der Waals surface area contributed by atoms with Crippen LogP contribution in [0.1, 0.15) is 22.9 Å². The van der Waals surface area contributed by atoms with Crippen LogP contribution in [0.3, 0.4) is 0 Å². The molecule has 0 saturated heterocycles. The van der Waals surface area contributed by atoms with Crippen LogP contribution in [0.2, 0.25) is 0 Å². The molecule has 88 valence electrons. The number of benzene rings is 1. The minimum atomic E-state index is 0.235. The molecule has 0 aliphatic heterocycles.